The van der Waals surface area contributed by atoms with Gasteiger partial charge in [-0.25, -0.2) is 0 Å². The molecule has 0 atom stereocenters. The molecule has 0 unspecified atom stereocenters. The molecule has 0 aliphatic carbocycles. The van der Waals surface area contributed by atoms with Crippen molar-refractivity contribution in [1.82, 2.24) is 10.2 Å². The second-order valence-electron chi connectivity index (χ2n) is 5.79. The van der Waals surface area contributed by atoms with Crippen LogP contribution in [0.4, 0.5) is 0 Å². The topological polar surface area (TPSA) is 15.3 Å². The van der Waals surface area contributed by atoms with Crippen LogP contribution in [0.3, 0.4) is 0 Å². The first kappa shape index (κ1) is 16.3. The lowest BCUT2D eigenvalue weighted by molar-refractivity contribution is 0.190. The van der Waals surface area contributed by atoms with Crippen molar-refractivity contribution in [2.75, 3.05) is 26.2 Å². The van der Waals surface area contributed by atoms with Gasteiger partial charge in [-0.3, -0.25) is 0 Å². The van der Waals surface area contributed by atoms with E-state index in [-0.39, 0.29) is 0 Å². The summed E-state index contributed by atoms with van der Waals surface area (Å²) in [5, 5.41) is 4.31. The summed E-state index contributed by atoms with van der Waals surface area (Å²) in [6.07, 6.45) is 3.94. The van der Waals surface area contributed by atoms with E-state index in [2.05, 4.69) is 39.1 Å². The molecule has 0 amide bonds. The normalized spacial score (nSPS) is 17.6. The Bertz CT molecular complexity index is 417. The summed E-state index contributed by atoms with van der Waals surface area (Å²) in [5.74, 6) is 0.920. The molecule has 1 aromatic carbocycles. The van der Waals surface area contributed by atoms with Crippen molar-refractivity contribution < 1.29 is 0 Å². The van der Waals surface area contributed by atoms with Crippen molar-refractivity contribution in [3.05, 3.63) is 33.3 Å². The van der Waals surface area contributed by atoms with Crippen LogP contribution in [0.5, 0.6) is 0 Å². The second kappa shape index (κ2) is 8.38. The Hall–Kier alpha value is -0.0900. The van der Waals surface area contributed by atoms with Gasteiger partial charge in [0.25, 0.3) is 0 Å². The summed E-state index contributed by atoms with van der Waals surface area (Å²) in [6, 6.07) is 6.07. The highest BCUT2D eigenvalue weighted by atomic mass is 79.9. The molecule has 2 rings (SSSR count). The Labute approximate surface area is 136 Å². The zero-order valence-corrected chi connectivity index (χ0v) is 14.5. The van der Waals surface area contributed by atoms with Crippen LogP contribution < -0.4 is 5.32 Å². The average Bonchev–Trinajstić information content (AvgIpc) is 2.42. The molecule has 0 saturated carbocycles. The lowest BCUT2D eigenvalue weighted by Crippen LogP contribution is -2.34. The molecule has 1 aromatic rings. The summed E-state index contributed by atoms with van der Waals surface area (Å²) in [4.78, 5) is 2.59. The Kier molecular flexibility index (Phi) is 6.82. The second-order valence-corrected chi connectivity index (χ2v) is 7.11. The minimum Gasteiger partial charge on any atom is -0.313 e. The molecule has 1 fully saturated rings. The molecule has 0 bridgehead atoms. The highest BCUT2D eigenvalue weighted by Crippen LogP contribution is 2.21. The van der Waals surface area contributed by atoms with E-state index in [1.54, 1.807) is 0 Å². The lowest BCUT2D eigenvalue weighted by atomic mass is 9.99. The van der Waals surface area contributed by atoms with Gasteiger partial charge in [0.2, 0.25) is 0 Å². The zero-order valence-electron chi connectivity index (χ0n) is 12.2. The van der Waals surface area contributed by atoms with Crippen molar-refractivity contribution in [2.24, 2.45) is 5.92 Å². The minimum absolute atomic E-state index is 0.830. The first-order chi connectivity index (χ1) is 9.65. The largest absolute Gasteiger partial charge is 0.313 e. The number of piperidine rings is 1. The number of nitrogens with one attached hydrogen (secondary N) is 1. The molecule has 4 heteroatoms. The van der Waals surface area contributed by atoms with Crippen LogP contribution in [-0.2, 0) is 6.54 Å². The molecule has 1 aliphatic rings. The van der Waals surface area contributed by atoms with Gasteiger partial charge in [-0.2, -0.15) is 0 Å². The van der Waals surface area contributed by atoms with Gasteiger partial charge in [0.1, 0.15) is 0 Å². The molecule has 1 aliphatic heterocycles. The van der Waals surface area contributed by atoms with Crippen LogP contribution in [0, 0.1) is 5.92 Å². The number of hydrogen-bond acceptors (Lipinski definition) is 2. The molecular weight excluding hydrogens is 336 g/mol. The molecular formula is C16H24BrClN2. The van der Waals surface area contributed by atoms with E-state index >= 15 is 0 Å². The summed E-state index contributed by atoms with van der Waals surface area (Å²) < 4.78 is 1.03. The van der Waals surface area contributed by atoms with E-state index < -0.39 is 0 Å². The molecule has 0 aromatic heterocycles. The number of benzene rings is 1. The van der Waals surface area contributed by atoms with E-state index in [9.17, 15) is 0 Å². The maximum absolute atomic E-state index is 6.20. The van der Waals surface area contributed by atoms with Crippen molar-refractivity contribution >= 4 is 27.5 Å². The predicted molar refractivity (Wildman–Crippen MR) is 90.3 cm³/mol. The van der Waals surface area contributed by atoms with Crippen molar-refractivity contribution in [3.8, 4) is 0 Å². The van der Waals surface area contributed by atoms with E-state index in [0.717, 1.165) is 28.5 Å². The minimum atomic E-state index is 0.830. The third-order valence-corrected chi connectivity index (χ3v) is 4.88. The Morgan fingerprint density at radius 1 is 1.35 bits per heavy atom. The molecule has 112 valence electrons. The molecule has 1 heterocycles. The highest BCUT2D eigenvalue weighted by Gasteiger charge is 2.14. The Morgan fingerprint density at radius 3 is 2.80 bits per heavy atom. The molecule has 1 saturated heterocycles. The predicted octanol–water partition coefficient (Wildman–Crippen LogP) is 4.31. The first-order valence-corrected chi connectivity index (χ1v) is 8.69. The number of halogens is 2. The first-order valence-electron chi connectivity index (χ1n) is 7.52. The van der Waals surface area contributed by atoms with Gasteiger partial charge < -0.3 is 10.2 Å². The van der Waals surface area contributed by atoms with E-state index in [1.165, 1.54) is 44.5 Å². The molecule has 1 N–H and O–H groups in total. The average molecular weight is 360 g/mol. The van der Waals surface area contributed by atoms with Gasteiger partial charge in [-0.05, 0) is 69.1 Å². The van der Waals surface area contributed by atoms with Crippen molar-refractivity contribution in [2.45, 2.75) is 32.7 Å². The number of nitrogens with zero attached hydrogens (tertiary/aromatic N) is 1. The number of hydrogen-bond donors (Lipinski definition) is 1. The summed E-state index contributed by atoms with van der Waals surface area (Å²) >= 11 is 9.63. The lowest BCUT2D eigenvalue weighted by Gasteiger charge is -2.30. The third-order valence-electron chi connectivity index (χ3n) is 4.03. The van der Waals surface area contributed by atoms with E-state index in [4.69, 9.17) is 11.6 Å². The maximum atomic E-state index is 6.20. The monoisotopic (exact) mass is 358 g/mol. The fourth-order valence-corrected chi connectivity index (χ4v) is 3.34. The van der Waals surface area contributed by atoms with Gasteiger partial charge in [-0.15, -0.1) is 0 Å². The third kappa shape index (κ3) is 5.36. The fourth-order valence-electron chi connectivity index (χ4n) is 2.60. The van der Waals surface area contributed by atoms with Crippen LogP contribution >= 0.6 is 27.5 Å². The Balaban J connectivity index is 1.59. The summed E-state index contributed by atoms with van der Waals surface area (Å²) in [5.41, 5.74) is 1.17. The number of likely N-dealkylation sites (tertiary alicyclic amines) is 1. The van der Waals surface area contributed by atoms with Gasteiger partial charge in [0, 0.05) is 16.0 Å². The van der Waals surface area contributed by atoms with Gasteiger partial charge in [0.15, 0.2) is 0 Å². The summed E-state index contributed by atoms with van der Waals surface area (Å²) in [7, 11) is 0. The van der Waals surface area contributed by atoms with E-state index in [1.807, 2.05) is 12.1 Å². The highest BCUT2D eigenvalue weighted by molar-refractivity contribution is 9.10. The quantitative estimate of drug-likeness (QED) is 0.761. The SMILES string of the molecule is CC1CCN(CCCNCc2ccc(Br)cc2Cl)CC1. The van der Waals surface area contributed by atoms with Crippen LogP contribution in [0.2, 0.25) is 5.02 Å². The molecule has 0 spiro atoms. The standard InChI is InChI=1S/C16H24BrClN2/c1-13-5-9-20(10-6-13)8-2-7-19-12-14-3-4-15(17)11-16(14)18/h3-4,11,13,19H,2,5-10,12H2,1H3. The molecule has 0 radical (unpaired) electrons. The van der Waals surface area contributed by atoms with Crippen LogP contribution in [0.15, 0.2) is 22.7 Å². The zero-order chi connectivity index (χ0) is 14.4. The molecule has 2 nitrogen and oxygen atoms in total. The van der Waals surface area contributed by atoms with Crippen LogP contribution in [0.1, 0.15) is 31.7 Å². The van der Waals surface area contributed by atoms with Gasteiger partial charge in [-0.1, -0.05) is 40.5 Å². The molecule has 20 heavy (non-hydrogen) atoms. The van der Waals surface area contributed by atoms with Gasteiger partial charge >= 0.3 is 0 Å². The van der Waals surface area contributed by atoms with Crippen molar-refractivity contribution in [1.29, 1.82) is 0 Å². The van der Waals surface area contributed by atoms with E-state index in [0.29, 0.717) is 0 Å². The van der Waals surface area contributed by atoms with Crippen LogP contribution in [-0.4, -0.2) is 31.1 Å². The van der Waals surface area contributed by atoms with Crippen LogP contribution in [0.25, 0.3) is 0 Å². The Morgan fingerprint density at radius 2 is 2.10 bits per heavy atom. The number of rotatable bonds is 6. The van der Waals surface area contributed by atoms with Gasteiger partial charge in [0.05, 0.1) is 0 Å². The van der Waals surface area contributed by atoms with Crippen molar-refractivity contribution in [3.63, 3.8) is 0 Å². The summed E-state index contributed by atoms with van der Waals surface area (Å²) in [6.45, 7) is 8.04. The smallest absolute Gasteiger partial charge is 0.0462 e. The fraction of sp³-hybridized carbons (Fsp3) is 0.625. The maximum Gasteiger partial charge on any atom is 0.0462 e.